The van der Waals surface area contributed by atoms with Crippen molar-refractivity contribution in [1.82, 2.24) is 4.73 Å². The van der Waals surface area contributed by atoms with E-state index in [1.165, 1.54) is 6.20 Å². The number of nitro groups is 1. The maximum absolute atomic E-state index is 10.0. The molecule has 0 saturated heterocycles. The first-order chi connectivity index (χ1) is 8.43. The van der Waals surface area contributed by atoms with Gasteiger partial charge in [-0.3, -0.25) is 10.1 Å². The number of aromatic nitrogens is 1. The Bertz CT molecular complexity index is 428. The minimum Gasteiger partial charge on any atom is -0.428 e. The summed E-state index contributed by atoms with van der Waals surface area (Å²) in [6.45, 7) is -2.60. The van der Waals surface area contributed by atoms with Crippen LogP contribution in [0.4, 0.5) is 0 Å². The minimum atomic E-state index is -1.99. The van der Waals surface area contributed by atoms with Gasteiger partial charge in [0, 0.05) is 30.6 Å². The third-order valence-electron chi connectivity index (χ3n) is 2.07. The molecular weight excluding hydrogens is 330 g/mol. The smallest absolute Gasteiger partial charge is 0.289 e. The molecular formula is C9H14N2O6SZn. The molecule has 0 aliphatic carbocycles. The van der Waals surface area contributed by atoms with Crippen LogP contribution in [0.5, 0.6) is 0 Å². The van der Waals surface area contributed by atoms with Gasteiger partial charge >= 0.3 is 0 Å². The molecule has 0 spiro atoms. The molecule has 19 heavy (non-hydrogen) atoms. The van der Waals surface area contributed by atoms with Crippen molar-refractivity contribution in [2.24, 2.45) is 0 Å². The Kier molecular flexibility index (Phi) is 10.7. The Balaban J connectivity index is 0. The second kappa shape index (κ2) is 9.93. The van der Waals surface area contributed by atoms with Gasteiger partial charge in [-0.15, -0.1) is 0 Å². The first kappa shape index (κ1) is 20.4. The van der Waals surface area contributed by atoms with E-state index in [9.17, 15) is 10.1 Å². The van der Waals surface area contributed by atoms with E-state index >= 15 is 0 Å². The number of hydrogen-bond donors (Lipinski definition) is 4. The SMILES string of the molecule is O=[N+]([O-])C(CO)(CO)CO.On1ccccc1=S.[Zn]. The van der Waals surface area contributed by atoms with E-state index < -0.39 is 30.3 Å². The molecule has 104 valence electrons. The fourth-order valence-corrected chi connectivity index (χ4v) is 0.882. The maximum atomic E-state index is 10.0. The molecule has 0 saturated carbocycles. The summed E-state index contributed by atoms with van der Waals surface area (Å²) in [4.78, 5) is 9.14. The molecule has 8 nitrogen and oxygen atoms in total. The summed E-state index contributed by atoms with van der Waals surface area (Å²) in [5.41, 5.74) is -1.99. The maximum Gasteiger partial charge on any atom is 0.289 e. The summed E-state index contributed by atoms with van der Waals surface area (Å²) in [7, 11) is 0. The minimum absolute atomic E-state index is 0. The molecule has 1 rings (SSSR count). The molecule has 0 aliphatic rings. The van der Waals surface area contributed by atoms with Crippen LogP contribution < -0.4 is 0 Å². The zero-order valence-electron chi connectivity index (χ0n) is 10.0. The van der Waals surface area contributed by atoms with Crippen LogP contribution in [0.15, 0.2) is 24.4 Å². The van der Waals surface area contributed by atoms with Gasteiger partial charge in [0.2, 0.25) is 0 Å². The number of pyridine rings is 1. The Morgan fingerprint density at radius 1 is 1.26 bits per heavy atom. The van der Waals surface area contributed by atoms with E-state index in [1.807, 2.05) is 0 Å². The summed E-state index contributed by atoms with van der Waals surface area (Å²) in [6, 6.07) is 5.13. The van der Waals surface area contributed by atoms with Crippen molar-refractivity contribution in [3.8, 4) is 0 Å². The standard InChI is InChI=1S/C5H5NOS.C4H9NO5.Zn/c7-6-4-2-1-3-5(6)8;6-1-4(2-7,3-8)5(9)10;/h1-4,7H;6-8H,1-3H2;. The van der Waals surface area contributed by atoms with Gasteiger partial charge in [-0.25, -0.2) is 0 Å². The number of hydrogen-bond acceptors (Lipinski definition) is 7. The van der Waals surface area contributed by atoms with Gasteiger partial charge in [0.15, 0.2) is 0 Å². The fourth-order valence-electron chi connectivity index (χ4n) is 0.742. The first-order valence-corrected chi connectivity index (χ1v) is 5.18. The predicted molar refractivity (Wildman–Crippen MR) is 63.4 cm³/mol. The molecule has 0 radical (unpaired) electrons. The van der Waals surface area contributed by atoms with Gasteiger partial charge in [0.1, 0.15) is 24.5 Å². The third kappa shape index (κ3) is 6.17. The van der Waals surface area contributed by atoms with Crippen LogP contribution in [0, 0.1) is 14.8 Å². The van der Waals surface area contributed by atoms with Crippen LogP contribution in [0.2, 0.25) is 0 Å². The van der Waals surface area contributed by atoms with Crippen molar-refractivity contribution in [1.29, 1.82) is 0 Å². The molecule has 0 unspecified atom stereocenters. The van der Waals surface area contributed by atoms with Crippen molar-refractivity contribution in [3.05, 3.63) is 39.2 Å². The first-order valence-electron chi connectivity index (χ1n) is 4.77. The van der Waals surface area contributed by atoms with Crippen molar-refractivity contribution >= 4 is 12.2 Å². The van der Waals surface area contributed by atoms with E-state index in [2.05, 4.69) is 12.2 Å². The second-order valence-electron chi connectivity index (χ2n) is 3.34. The van der Waals surface area contributed by atoms with E-state index in [0.29, 0.717) is 4.64 Å². The summed E-state index contributed by atoms with van der Waals surface area (Å²) < 4.78 is 1.32. The van der Waals surface area contributed by atoms with E-state index in [-0.39, 0.29) is 19.5 Å². The number of aliphatic hydroxyl groups is 3. The monoisotopic (exact) mass is 342 g/mol. The summed E-state index contributed by atoms with van der Waals surface area (Å²) in [5, 5.41) is 43.9. The zero-order chi connectivity index (χ0) is 14.2. The van der Waals surface area contributed by atoms with Crippen molar-refractivity contribution in [3.63, 3.8) is 0 Å². The van der Waals surface area contributed by atoms with Crippen LogP contribution >= 0.6 is 12.2 Å². The zero-order valence-corrected chi connectivity index (χ0v) is 13.8. The molecule has 1 aromatic rings. The number of aliphatic hydroxyl groups excluding tert-OH is 3. The normalized spacial score (nSPS) is 9.84. The Labute approximate surface area is 126 Å². The summed E-state index contributed by atoms with van der Waals surface area (Å²) in [6.07, 6.45) is 1.49. The quantitative estimate of drug-likeness (QED) is 0.189. The van der Waals surface area contributed by atoms with Crippen molar-refractivity contribution in [2.45, 2.75) is 5.54 Å². The summed E-state index contributed by atoms with van der Waals surface area (Å²) in [5.74, 6) is 0. The predicted octanol–water partition coefficient (Wildman–Crippen LogP) is -0.569. The van der Waals surface area contributed by atoms with Crippen LogP contribution in [-0.2, 0) is 19.5 Å². The third-order valence-corrected chi connectivity index (χ3v) is 2.40. The molecule has 4 N–H and O–H groups in total. The van der Waals surface area contributed by atoms with E-state index in [1.54, 1.807) is 18.2 Å². The van der Waals surface area contributed by atoms with Gasteiger partial charge in [0.25, 0.3) is 5.54 Å². The van der Waals surface area contributed by atoms with Gasteiger partial charge < -0.3 is 20.5 Å². The van der Waals surface area contributed by atoms with Gasteiger partial charge in [0.05, 0.1) is 0 Å². The molecule has 0 aromatic carbocycles. The molecule has 0 bridgehead atoms. The van der Waals surface area contributed by atoms with Gasteiger partial charge in [-0.2, -0.15) is 4.73 Å². The number of rotatable bonds is 4. The topological polar surface area (TPSA) is 129 Å². The Hall–Kier alpha value is -0.927. The van der Waals surface area contributed by atoms with Crippen LogP contribution in [0.1, 0.15) is 0 Å². The van der Waals surface area contributed by atoms with Crippen molar-refractivity contribution in [2.75, 3.05) is 19.8 Å². The van der Waals surface area contributed by atoms with Crippen LogP contribution in [0.25, 0.3) is 0 Å². The Morgan fingerprint density at radius 3 is 1.89 bits per heavy atom. The second-order valence-corrected chi connectivity index (χ2v) is 3.76. The summed E-state index contributed by atoms with van der Waals surface area (Å²) >= 11 is 4.67. The molecule has 10 heteroatoms. The molecule has 0 atom stereocenters. The largest absolute Gasteiger partial charge is 0.428 e. The molecule has 1 aromatic heterocycles. The Morgan fingerprint density at radius 2 is 1.74 bits per heavy atom. The fraction of sp³-hybridized carbons (Fsp3) is 0.444. The molecule has 0 amide bonds. The van der Waals surface area contributed by atoms with Gasteiger partial charge in [-0.05, 0) is 12.1 Å². The number of nitrogens with zero attached hydrogens (tertiary/aromatic N) is 2. The van der Waals surface area contributed by atoms with Crippen LogP contribution in [-0.4, -0.2) is 55.5 Å². The average Bonchev–Trinajstić information content (AvgIpc) is 2.36. The van der Waals surface area contributed by atoms with Crippen LogP contribution in [0.3, 0.4) is 0 Å². The van der Waals surface area contributed by atoms with Gasteiger partial charge in [-0.1, -0.05) is 18.3 Å². The molecule has 0 fully saturated rings. The van der Waals surface area contributed by atoms with E-state index in [0.717, 1.165) is 4.73 Å². The molecule has 0 aliphatic heterocycles. The van der Waals surface area contributed by atoms with E-state index in [4.69, 9.17) is 20.5 Å². The molecule has 1 heterocycles. The van der Waals surface area contributed by atoms with Crippen molar-refractivity contribution < 1.29 is 44.9 Å². The average molecular weight is 344 g/mol.